The normalized spacial score (nSPS) is 18.6. The van der Waals surface area contributed by atoms with E-state index in [1.807, 2.05) is 0 Å². The number of halogens is 3. The number of nitrogens with zero attached hydrogens (tertiary/aromatic N) is 1. The number of carbonyl (C=O) groups is 2. The van der Waals surface area contributed by atoms with Crippen molar-refractivity contribution in [2.24, 2.45) is 0 Å². The van der Waals surface area contributed by atoms with Crippen LogP contribution in [0.3, 0.4) is 0 Å². The van der Waals surface area contributed by atoms with Crippen molar-refractivity contribution >= 4 is 12.0 Å². The highest BCUT2D eigenvalue weighted by molar-refractivity contribution is 5.87. The van der Waals surface area contributed by atoms with E-state index < -0.39 is 23.7 Å². The Morgan fingerprint density at radius 3 is 2.21 bits per heavy atom. The zero-order chi connectivity index (χ0) is 14.8. The van der Waals surface area contributed by atoms with Crippen LogP contribution < -0.4 is 5.32 Å². The first kappa shape index (κ1) is 15.6. The standard InChI is InChI=1S/C11H17F3N2O3/c1-3-6-16(7-4-5-7)9(19)15-10(2,8(17)18)11(12,13)14/h7H,3-6H2,1-2H3,(H,15,19)(H,17,18). The third-order valence-corrected chi connectivity index (χ3v) is 3.06. The molecule has 1 aliphatic carbocycles. The Balaban J connectivity index is 2.84. The molecule has 0 aromatic carbocycles. The first-order chi connectivity index (χ1) is 8.63. The predicted octanol–water partition coefficient (Wildman–Crippen LogP) is 1.98. The molecule has 0 saturated heterocycles. The van der Waals surface area contributed by atoms with Crippen LogP contribution in [0.5, 0.6) is 0 Å². The first-order valence-electron chi connectivity index (χ1n) is 6.02. The molecule has 1 saturated carbocycles. The SMILES string of the molecule is CCCN(C(=O)NC(C)(C(=O)O)C(F)(F)F)C1CC1. The fraction of sp³-hybridized carbons (Fsp3) is 0.818. The average Bonchev–Trinajstić information content (AvgIpc) is 3.07. The lowest BCUT2D eigenvalue weighted by Crippen LogP contribution is -2.64. The highest BCUT2D eigenvalue weighted by Crippen LogP contribution is 2.32. The van der Waals surface area contributed by atoms with Crippen LogP contribution in [0.25, 0.3) is 0 Å². The Hall–Kier alpha value is -1.47. The maximum Gasteiger partial charge on any atom is 0.422 e. The van der Waals surface area contributed by atoms with Crippen LogP contribution in [-0.4, -0.2) is 46.3 Å². The van der Waals surface area contributed by atoms with Gasteiger partial charge in [0.2, 0.25) is 5.54 Å². The van der Waals surface area contributed by atoms with E-state index in [-0.39, 0.29) is 6.04 Å². The van der Waals surface area contributed by atoms with Crippen LogP contribution in [0, 0.1) is 0 Å². The number of rotatable bonds is 5. The summed E-state index contributed by atoms with van der Waals surface area (Å²) in [5.41, 5.74) is -3.27. The highest BCUT2D eigenvalue weighted by atomic mass is 19.4. The van der Waals surface area contributed by atoms with E-state index in [1.54, 1.807) is 12.2 Å². The summed E-state index contributed by atoms with van der Waals surface area (Å²) >= 11 is 0. The van der Waals surface area contributed by atoms with E-state index >= 15 is 0 Å². The maximum atomic E-state index is 12.8. The Kier molecular flexibility index (Phi) is 4.32. The summed E-state index contributed by atoms with van der Waals surface area (Å²) in [6, 6.07) is -1.06. The van der Waals surface area contributed by atoms with Crippen LogP contribution in [0.15, 0.2) is 0 Å². The van der Waals surface area contributed by atoms with Gasteiger partial charge in [-0.1, -0.05) is 6.92 Å². The van der Waals surface area contributed by atoms with Crippen LogP contribution in [0.1, 0.15) is 33.1 Å². The van der Waals surface area contributed by atoms with Gasteiger partial charge in [0.25, 0.3) is 0 Å². The number of nitrogens with one attached hydrogen (secondary N) is 1. The number of hydrogen-bond donors (Lipinski definition) is 2. The van der Waals surface area contributed by atoms with Gasteiger partial charge in [0.05, 0.1) is 0 Å². The summed E-state index contributed by atoms with van der Waals surface area (Å²) in [4.78, 5) is 23.9. The van der Waals surface area contributed by atoms with Crippen molar-refractivity contribution in [3.05, 3.63) is 0 Å². The van der Waals surface area contributed by atoms with E-state index in [4.69, 9.17) is 5.11 Å². The molecule has 0 bridgehead atoms. The molecule has 0 aromatic rings. The van der Waals surface area contributed by atoms with Gasteiger partial charge in [0.1, 0.15) is 0 Å². The quantitative estimate of drug-likeness (QED) is 0.810. The number of carbonyl (C=O) groups excluding carboxylic acids is 1. The predicted molar refractivity (Wildman–Crippen MR) is 60.6 cm³/mol. The molecule has 19 heavy (non-hydrogen) atoms. The molecule has 0 aromatic heterocycles. The molecular weight excluding hydrogens is 265 g/mol. The van der Waals surface area contributed by atoms with Gasteiger partial charge >= 0.3 is 18.2 Å². The molecule has 5 nitrogen and oxygen atoms in total. The first-order valence-corrected chi connectivity index (χ1v) is 6.02. The molecule has 0 spiro atoms. The zero-order valence-corrected chi connectivity index (χ0v) is 10.8. The minimum Gasteiger partial charge on any atom is -0.479 e. The lowest BCUT2D eigenvalue weighted by molar-refractivity contribution is -0.203. The molecule has 8 heteroatoms. The van der Waals surface area contributed by atoms with Crippen LogP contribution in [-0.2, 0) is 4.79 Å². The average molecular weight is 282 g/mol. The molecule has 1 aliphatic rings. The number of carboxylic acid groups (broad SMARTS) is 1. The molecule has 0 heterocycles. The largest absolute Gasteiger partial charge is 0.479 e. The Morgan fingerprint density at radius 1 is 1.37 bits per heavy atom. The van der Waals surface area contributed by atoms with E-state index in [1.165, 1.54) is 4.90 Å². The molecule has 0 radical (unpaired) electrons. The lowest BCUT2D eigenvalue weighted by Gasteiger charge is -2.32. The van der Waals surface area contributed by atoms with Gasteiger partial charge in [-0.15, -0.1) is 0 Å². The van der Waals surface area contributed by atoms with E-state index in [0.29, 0.717) is 19.9 Å². The Labute approximate surface area is 108 Å². The van der Waals surface area contributed by atoms with E-state index in [2.05, 4.69) is 0 Å². The fourth-order valence-electron chi connectivity index (χ4n) is 1.61. The van der Waals surface area contributed by atoms with Crippen molar-refractivity contribution in [3.63, 3.8) is 0 Å². The smallest absolute Gasteiger partial charge is 0.422 e. The van der Waals surface area contributed by atoms with E-state index in [9.17, 15) is 22.8 Å². The summed E-state index contributed by atoms with van der Waals surface area (Å²) in [5, 5.41) is 10.3. The van der Waals surface area contributed by atoms with Gasteiger partial charge in [-0.3, -0.25) is 0 Å². The fourth-order valence-corrected chi connectivity index (χ4v) is 1.61. The van der Waals surface area contributed by atoms with Gasteiger partial charge < -0.3 is 15.3 Å². The number of aliphatic carboxylic acids is 1. The third-order valence-electron chi connectivity index (χ3n) is 3.06. The van der Waals surface area contributed by atoms with Gasteiger partial charge in [-0.05, 0) is 26.2 Å². The number of carboxylic acids is 1. The summed E-state index contributed by atoms with van der Waals surface area (Å²) in [5.74, 6) is -2.12. The van der Waals surface area contributed by atoms with Crippen molar-refractivity contribution in [1.82, 2.24) is 10.2 Å². The monoisotopic (exact) mass is 282 g/mol. The molecule has 2 N–H and O–H groups in total. The molecular formula is C11H17F3N2O3. The molecule has 0 aliphatic heterocycles. The van der Waals surface area contributed by atoms with Crippen LogP contribution in [0.2, 0.25) is 0 Å². The second kappa shape index (κ2) is 5.26. The Bertz CT molecular complexity index is 369. The molecule has 1 unspecified atom stereocenters. The van der Waals surface area contributed by atoms with Crippen molar-refractivity contribution in [2.45, 2.75) is 50.9 Å². The summed E-state index contributed by atoms with van der Waals surface area (Å²) in [6.07, 6.45) is -2.98. The minimum atomic E-state index is -5.06. The topological polar surface area (TPSA) is 69.6 Å². The second-order valence-electron chi connectivity index (χ2n) is 4.78. The van der Waals surface area contributed by atoms with Crippen molar-refractivity contribution in [1.29, 1.82) is 0 Å². The summed E-state index contributed by atoms with van der Waals surface area (Å²) in [7, 11) is 0. The van der Waals surface area contributed by atoms with Crippen LogP contribution >= 0.6 is 0 Å². The van der Waals surface area contributed by atoms with Gasteiger partial charge in [-0.25, -0.2) is 9.59 Å². The second-order valence-corrected chi connectivity index (χ2v) is 4.78. The molecule has 110 valence electrons. The molecule has 1 rings (SSSR count). The zero-order valence-electron chi connectivity index (χ0n) is 10.8. The van der Waals surface area contributed by atoms with Gasteiger partial charge in [0.15, 0.2) is 0 Å². The van der Waals surface area contributed by atoms with Crippen molar-refractivity contribution in [2.75, 3.05) is 6.54 Å². The summed E-state index contributed by atoms with van der Waals surface area (Å²) in [6.45, 7) is 2.55. The Morgan fingerprint density at radius 2 is 1.89 bits per heavy atom. The van der Waals surface area contributed by atoms with Crippen molar-refractivity contribution < 1.29 is 27.9 Å². The summed E-state index contributed by atoms with van der Waals surface area (Å²) < 4.78 is 38.3. The van der Waals surface area contributed by atoms with Gasteiger partial charge in [-0.2, -0.15) is 13.2 Å². The number of hydrogen-bond acceptors (Lipinski definition) is 2. The highest BCUT2D eigenvalue weighted by Gasteiger charge is 2.59. The third kappa shape index (κ3) is 3.30. The molecule has 1 fully saturated rings. The number of alkyl halides is 3. The molecule has 1 atom stereocenters. The van der Waals surface area contributed by atoms with Crippen molar-refractivity contribution in [3.8, 4) is 0 Å². The number of amides is 2. The van der Waals surface area contributed by atoms with Gasteiger partial charge in [0, 0.05) is 12.6 Å². The number of urea groups is 1. The van der Waals surface area contributed by atoms with Crippen LogP contribution in [0.4, 0.5) is 18.0 Å². The minimum absolute atomic E-state index is 0.0776. The van der Waals surface area contributed by atoms with E-state index in [0.717, 1.165) is 12.8 Å². The lowest BCUT2D eigenvalue weighted by atomic mass is 10.0. The molecule has 2 amide bonds. The maximum absolute atomic E-state index is 12.8.